The Kier molecular flexibility index (Phi) is 6.10. The highest BCUT2D eigenvalue weighted by Gasteiger charge is 2.35. The molecule has 0 saturated heterocycles. The van der Waals surface area contributed by atoms with Gasteiger partial charge in [-0.05, 0) is 71.5 Å². The van der Waals surface area contributed by atoms with Crippen molar-refractivity contribution in [1.29, 1.82) is 0 Å². The topological polar surface area (TPSA) is 80.9 Å². The van der Waals surface area contributed by atoms with Crippen LogP contribution < -0.4 is 19.8 Å². The lowest BCUT2D eigenvalue weighted by Gasteiger charge is -2.38. The molecule has 0 spiro atoms. The first-order chi connectivity index (χ1) is 17.4. The van der Waals surface area contributed by atoms with E-state index in [9.17, 15) is 14.0 Å². The van der Waals surface area contributed by atoms with Gasteiger partial charge in [-0.15, -0.1) is 0 Å². The van der Waals surface area contributed by atoms with Gasteiger partial charge in [0.2, 0.25) is 0 Å². The number of benzene rings is 3. The molecule has 1 amide bonds. The van der Waals surface area contributed by atoms with Gasteiger partial charge in [0.25, 0.3) is 11.5 Å². The van der Waals surface area contributed by atoms with Gasteiger partial charge in [-0.2, -0.15) is 0 Å². The highest BCUT2D eigenvalue weighted by Crippen LogP contribution is 2.41. The number of aromatic amines is 1. The fraction of sp³-hybridized carbons (Fsp3) is 0.214. The zero-order chi connectivity index (χ0) is 25.4. The quantitative estimate of drug-likeness (QED) is 0.448. The number of carbonyl (C=O) groups is 1. The molecule has 1 aromatic heterocycles. The molecule has 1 N–H and O–H groups in total. The Morgan fingerprint density at radius 3 is 2.44 bits per heavy atom. The van der Waals surface area contributed by atoms with Crippen LogP contribution in [0.5, 0.6) is 17.2 Å². The molecular formula is C28H25FN2O5. The number of ether oxygens (including phenoxy) is 3. The molecule has 1 aliphatic heterocycles. The van der Waals surface area contributed by atoms with E-state index in [4.69, 9.17) is 14.2 Å². The Morgan fingerprint density at radius 2 is 1.72 bits per heavy atom. The van der Waals surface area contributed by atoms with Gasteiger partial charge in [0.1, 0.15) is 11.6 Å². The van der Waals surface area contributed by atoms with Crippen LogP contribution in [0.15, 0.2) is 65.5 Å². The van der Waals surface area contributed by atoms with Gasteiger partial charge in [-0.1, -0.05) is 6.07 Å². The number of H-pyrrole nitrogens is 1. The average molecular weight is 489 g/mol. The lowest BCUT2D eigenvalue weighted by molar-refractivity contribution is 0.0693. The van der Waals surface area contributed by atoms with E-state index in [1.54, 1.807) is 37.3 Å². The summed E-state index contributed by atoms with van der Waals surface area (Å²) >= 11 is 0. The summed E-state index contributed by atoms with van der Waals surface area (Å²) in [6.07, 6.45) is 0.538. The van der Waals surface area contributed by atoms with Crippen molar-refractivity contribution in [2.45, 2.75) is 12.5 Å². The SMILES string of the molecule is COc1ccc2cc([C@H]3c4cc(OC)c(OC)cc4CCN3C(=O)c3cccc(F)c3)c(=O)[nH]c2c1. The van der Waals surface area contributed by atoms with E-state index in [1.165, 1.54) is 25.3 Å². The highest BCUT2D eigenvalue weighted by atomic mass is 19.1. The van der Waals surface area contributed by atoms with Crippen LogP contribution in [0, 0.1) is 5.82 Å². The Labute approximate surface area is 207 Å². The third-order valence-corrected chi connectivity index (χ3v) is 6.58. The molecule has 0 radical (unpaired) electrons. The Morgan fingerprint density at radius 1 is 0.944 bits per heavy atom. The van der Waals surface area contributed by atoms with E-state index in [2.05, 4.69) is 4.98 Å². The maximum Gasteiger partial charge on any atom is 0.254 e. The lowest BCUT2D eigenvalue weighted by Crippen LogP contribution is -2.42. The van der Waals surface area contributed by atoms with Crippen LogP contribution in [0.2, 0.25) is 0 Å². The number of hydrogen-bond donors (Lipinski definition) is 1. The largest absolute Gasteiger partial charge is 0.497 e. The Hall–Kier alpha value is -4.33. The summed E-state index contributed by atoms with van der Waals surface area (Å²) in [5.74, 6) is 0.809. The molecule has 0 bridgehead atoms. The van der Waals surface area contributed by atoms with Crippen LogP contribution in [0.1, 0.15) is 33.1 Å². The van der Waals surface area contributed by atoms with Gasteiger partial charge in [0.05, 0.1) is 32.9 Å². The molecule has 0 aliphatic carbocycles. The van der Waals surface area contributed by atoms with Crippen LogP contribution in [-0.2, 0) is 6.42 Å². The molecule has 184 valence electrons. The summed E-state index contributed by atoms with van der Waals surface area (Å²) in [4.78, 5) is 31.6. The van der Waals surface area contributed by atoms with Crippen molar-refractivity contribution in [3.63, 3.8) is 0 Å². The van der Waals surface area contributed by atoms with Gasteiger partial charge >= 0.3 is 0 Å². The van der Waals surface area contributed by atoms with E-state index < -0.39 is 11.9 Å². The predicted octanol–water partition coefficient (Wildman–Crippen LogP) is 4.48. The first kappa shape index (κ1) is 23.4. The standard InChI is InChI=1S/C28H25FN2O5/c1-34-20-8-7-17-12-22(27(32)30-23(17)14-20)26-21-15-25(36-3)24(35-2)13-16(21)9-10-31(26)28(33)18-5-4-6-19(29)11-18/h4-8,11-15,26H,9-10H2,1-3H3,(H,30,32)/t26-/m1/s1. The van der Waals surface area contributed by atoms with Crippen LogP contribution >= 0.6 is 0 Å². The zero-order valence-corrected chi connectivity index (χ0v) is 20.1. The Balaban J connectivity index is 1.72. The van der Waals surface area contributed by atoms with Crippen molar-refractivity contribution < 1.29 is 23.4 Å². The van der Waals surface area contributed by atoms with Gasteiger partial charge < -0.3 is 24.1 Å². The number of rotatable bonds is 5. The monoisotopic (exact) mass is 488 g/mol. The number of aromatic nitrogens is 1. The predicted molar refractivity (Wildman–Crippen MR) is 134 cm³/mol. The minimum atomic E-state index is -0.723. The van der Waals surface area contributed by atoms with E-state index >= 15 is 0 Å². The number of fused-ring (bicyclic) bond motifs is 2. The van der Waals surface area contributed by atoms with Gasteiger partial charge in [-0.25, -0.2) is 4.39 Å². The molecule has 4 aromatic rings. The number of amides is 1. The number of methoxy groups -OCH3 is 3. The smallest absolute Gasteiger partial charge is 0.254 e. The van der Waals surface area contributed by atoms with Crippen LogP contribution in [0.25, 0.3) is 10.9 Å². The van der Waals surface area contributed by atoms with E-state index in [0.29, 0.717) is 41.3 Å². The molecule has 36 heavy (non-hydrogen) atoms. The molecule has 3 aromatic carbocycles. The summed E-state index contributed by atoms with van der Waals surface area (Å²) in [5.41, 5.74) is 2.59. The number of hydrogen-bond acceptors (Lipinski definition) is 5. The second-order valence-corrected chi connectivity index (χ2v) is 8.57. The fourth-order valence-corrected chi connectivity index (χ4v) is 4.81. The molecule has 7 nitrogen and oxygen atoms in total. The normalized spacial score (nSPS) is 14.9. The number of nitrogens with zero attached hydrogens (tertiary/aromatic N) is 1. The lowest BCUT2D eigenvalue weighted by atomic mass is 9.87. The molecule has 1 atom stereocenters. The molecule has 8 heteroatoms. The maximum absolute atomic E-state index is 14.0. The summed E-state index contributed by atoms with van der Waals surface area (Å²) < 4.78 is 30.3. The maximum atomic E-state index is 14.0. The van der Waals surface area contributed by atoms with E-state index in [0.717, 1.165) is 16.5 Å². The minimum absolute atomic E-state index is 0.214. The molecule has 0 unspecified atom stereocenters. The summed E-state index contributed by atoms with van der Waals surface area (Å²) in [7, 11) is 4.66. The number of carbonyl (C=O) groups excluding carboxylic acids is 1. The summed E-state index contributed by atoms with van der Waals surface area (Å²) in [6.45, 7) is 0.336. The van der Waals surface area contributed by atoms with Crippen molar-refractivity contribution in [2.24, 2.45) is 0 Å². The van der Waals surface area contributed by atoms with Crippen LogP contribution in [0.3, 0.4) is 0 Å². The number of halogens is 1. The molecule has 2 heterocycles. The first-order valence-corrected chi connectivity index (χ1v) is 11.5. The third kappa shape index (κ3) is 4.04. The van der Waals surface area contributed by atoms with Crippen LogP contribution in [-0.4, -0.2) is 43.7 Å². The van der Waals surface area contributed by atoms with Gasteiger partial charge in [0.15, 0.2) is 11.5 Å². The van der Waals surface area contributed by atoms with Gasteiger partial charge in [0, 0.05) is 23.7 Å². The third-order valence-electron chi connectivity index (χ3n) is 6.58. The number of nitrogens with one attached hydrogen (secondary N) is 1. The second-order valence-electron chi connectivity index (χ2n) is 8.57. The Bertz CT molecular complexity index is 1530. The van der Waals surface area contributed by atoms with E-state index in [-0.39, 0.29) is 17.0 Å². The molecular weight excluding hydrogens is 463 g/mol. The fourth-order valence-electron chi connectivity index (χ4n) is 4.81. The van der Waals surface area contributed by atoms with Crippen molar-refractivity contribution in [2.75, 3.05) is 27.9 Å². The summed E-state index contributed by atoms with van der Waals surface area (Å²) in [5, 5.41) is 0.788. The average Bonchev–Trinajstić information content (AvgIpc) is 2.90. The van der Waals surface area contributed by atoms with Crippen LogP contribution in [0.4, 0.5) is 4.39 Å². The van der Waals surface area contributed by atoms with Gasteiger partial charge in [-0.3, -0.25) is 9.59 Å². The van der Waals surface area contributed by atoms with Crippen molar-refractivity contribution in [1.82, 2.24) is 9.88 Å². The molecule has 0 saturated carbocycles. The minimum Gasteiger partial charge on any atom is -0.497 e. The molecule has 5 rings (SSSR count). The van der Waals surface area contributed by atoms with E-state index in [1.807, 2.05) is 24.3 Å². The molecule has 1 aliphatic rings. The van der Waals surface area contributed by atoms with Crippen molar-refractivity contribution in [3.05, 3.63) is 99.1 Å². The summed E-state index contributed by atoms with van der Waals surface area (Å²) in [6, 6.07) is 15.7. The highest BCUT2D eigenvalue weighted by molar-refractivity contribution is 5.95. The zero-order valence-electron chi connectivity index (χ0n) is 20.1. The van der Waals surface area contributed by atoms with Crippen molar-refractivity contribution in [3.8, 4) is 17.2 Å². The molecule has 0 fully saturated rings. The number of pyridine rings is 1. The first-order valence-electron chi connectivity index (χ1n) is 11.5. The second kappa shape index (κ2) is 9.37. The van der Waals surface area contributed by atoms with Crippen molar-refractivity contribution >= 4 is 16.8 Å².